The molecule has 0 aliphatic rings. The molecule has 0 fully saturated rings. The van der Waals surface area contributed by atoms with E-state index in [0.29, 0.717) is 0 Å². The van der Waals surface area contributed by atoms with E-state index in [1.807, 2.05) is 23.8 Å². The fourth-order valence-electron chi connectivity index (χ4n) is 1.70. The van der Waals surface area contributed by atoms with E-state index in [0.717, 1.165) is 17.7 Å². The Morgan fingerprint density at radius 1 is 1.47 bits per heavy atom. The molecule has 5 heteroatoms. The van der Waals surface area contributed by atoms with Gasteiger partial charge in [-0.25, -0.2) is 0 Å². The average molecular weight is 279 g/mol. The van der Waals surface area contributed by atoms with Gasteiger partial charge in [0.15, 0.2) is 5.76 Å². The molecule has 0 saturated heterocycles. The molecular formula is C14H17NO3S. The van der Waals surface area contributed by atoms with Crippen molar-refractivity contribution in [2.45, 2.75) is 25.9 Å². The molecule has 0 radical (unpaired) electrons. The fourth-order valence-corrected chi connectivity index (χ4v) is 2.49. The van der Waals surface area contributed by atoms with E-state index in [-0.39, 0.29) is 18.2 Å². The SMILES string of the molecule is CCc1ccc(C(=O)NCC(C)(O)c2ccsc2)o1. The summed E-state index contributed by atoms with van der Waals surface area (Å²) in [6.07, 6.45) is 0.750. The Morgan fingerprint density at radius 2 is 2.26 bits per heavy atom. The van der Waals surface area contributed by atoms with Crippen LogP contribution in [0.5, 0.6) is 0 Å². The van der Waals surface area contributed by atoms with Crippen molar-refractivity contribution >= 4 is 17.2 Å². The lowest BCUT2D eigenvalue weighted by molar-refractivity contribution is 0.0522. The molecule has 2 N–H and O–H groups in total. The van der Waals surface area contributed by atoms with Crippen LogP contribution in [0, 0.1) is 0 Å². The number of amides is 1. The second-order valence-electron chi connectivity index (χ2n) is 4.59. The summed E-state index contributed by atoms with van der Waals surface area (Å²) in [6.45, 7) is 3.78. The Morgan fingerprint density at radius 3 is 2.84 bits per heavy atom. The maximum atomic E-state index is 11.9. The van der Waals surface area contributed by atoms with Gasteiger partial charge in [-0.15, -0.1) is 0 Å². The largest absolute Gasteiger partial charge is 0.456 e. The number of furan rings is 1. The van der Waals surface area contributed by atoms with Gasteiger partial charge in [0.2, 0.25) is 0 Å². The summed E-state index contributed by atoms with van der Waals surface area (Å²) in [7, 11) is 0. The highest BCUT2D eigenvalue weighted by atomic mass is 32.1. The van der Waals surface area contributed by atoms with Crippen LogP contribution < -0.4 is 5.32 Å². The number of hydrogen-bond acceptors (Lipinski definition) is 4. The van der Waals surface area contributed by atoms with Gasteiger partial charge in [-0.2, -0.15) is 11.3 Å². The zero-order valence-corrected chi connectivity index (χ0v) is 11.8. The lowest BCUT2D eigenvalue weighted by Gasteiger charge is -2.22. The van der Waals surface area contributed by atoms with Crippen molar-refractivity contribution in [3.05, 3.63) is 46.0 Å². The highest BCUT2D eigenvalue weighted by Gasteiger charge is 2.25. The minimum Gasteiger partial charge on any atom is -0.456 e. The molecule has 0 spiro atoms. The predicted molar refractivity (Wildman–Crippen MR) is 74.3 cm³/mol. The summed E-state index contributed by atoms with van der Waals surface area (Å²) >= 11 is 1.51. The van der Waals surface area contributed by atoms with E-state index in [2.05, 4.69) is 5.32 Å². The number of hydrogen-bond donors (Lipinski definition) is 2. The van der Waals surface area contributed by atoms with Gasteiger partial charge in [-0.3, -0.25) is 4.79 Å². The number of carbonyl (C=O) groups excluding carboxylic acids is 1. The standard InChI is InChI=1S/C14H17NO3S/c1-3-11-4-5-12(18-11)13(16)15-9-14(2,17)10-6-7-19-8-10/h4-8,17H,3,9H2,1-2H3,(H,15,16). The van der Waals surface area contributed by atoms with Crippen LogP contribution in [0.25, 0.3) is 0 Å². The van der Waals surface area contributed by atoms with Gasteiger partial charge in [0.1, 0.15) is 11.4 Å². The molecule has 0 aliphatic heterocycles. The van der Waals surface area contributed by atoms with Crippen molar-refractivity contribution < 1.29 is 14.3 Å². The van der Waals surface area contributed by atoms with E-state index >= 15 is 0 Å². The molecule has 0 bridgehead atoms. The van der Waals surface area contributed by atoms with E-state index in [1.54, 1.807) is 19.1 Å². The van der Waals surface area contributed by atoms with Crippen LogP contribution in [-0.4, -0.2) is 17.6 Å². The first kappa shape index (κ1) is 13.8. The highest BCUT2D eigenvalue weighted by molar-refractivity contribution is 7.08. The molecule has 2 aromatic rings. The molecule has 4 nitrogen and oxygen atoms in total. The summed E-state index contributed by atoms with van der Waals surface area (Å²) in [5, 5.41) is 16.7. The zero-order valence-electron chi connectivity index (χ0n) is 11.0. The van der Waals surface area contributed by atoms with Crippen LogP contribution in [0.15, 0.2) is 33.4 Å². The number of nitrogens with one attached hydrogen (secondary N) is 1. The topological polar surface area (TPSA) is 62.5 Å². The fraction of sp³-hybridized carbons (Fsp3) is 0.357. The second kappa shape index (κ2) is 5.59. The van der Waals surface area contributed by atoms with Crippen molar-refractivity contribution in [3.63, 3.8) is 0 Å². The maximum absolute atomic E-state index is 11.9. The van der Waals surface area contributed by atoms with Crippen molar-refractivity contribution in [1.82, 2.24) is 5.32 Å². The van der Waals surface area contributed by atoms with Gasteiger partial charge in [-0.05, 0) is 41.4 Å². The van der Waals surface area contributed by atoms with E-state index in [1.165, 1.54) is 11.3 Å². The van der Waals surface area contributed by atoms with Crippen molar-refractivity contribution in [3.8, 4) is 0 Å². The summed E-state index contributed by atoms with van der Waals surface area (Å²) in [5.74, 6) is 0.739. The van der Waals surface area contributed by atoms with Gasteiger partial charge in [0.25, 0.3) is 5.91 Å². The summed E-state index contributed by atoms with van der Waals surface area (Å²) in [6, 6.07) is 5.28. The van der Waals surface area contributed by atoms with Crippen LogP contribution in [0.2, 0.25) is 0 Å². The minimum absolute atomic E-state index is 0.144. The maximum Gasteiger partial charge on any atom is 0.287 e. The first-order valence-electron chi connectivity index (χ1n) is 6.15. The van der Waals surface area contributed by atoms with Crippen LogP contribution in [0.4, 0.5) is 0 Å². The molecule has 2 aromatic heterocycles. The molecule has 1 unspecified atom stereocenters. The van der Waals surface area contributed by atoms with Crippen molar-refractivity contribution in [1.29, 1.82) is 0 Å². The molecular weight excluding hydrogens is 262 g/mol. The Balaban J connectivity index is 1.97. The molecule has 0 aliphatic carbocycles. The lowest BCUT2D eigenvalue weighted by atomic mass is 9.99. The third-order valence-corrected chi connectivity index (χ3v) is 3.65. The van der Waals surface area contributed by atoms with Crippen LogP contribution >= 0.6 is 11.3 Å². The van der Waals surface area contributed by atoms with Gasteiger partial charge in [-0.1, -0.05) is 6.92 Å². The van der Waals surface area contributed by atoms with E-state index in [4.69, 9.17) is 4.42 Å². The third-order valence-electron chi connectivity index (χ3n) is 2.97. The third kappa shape index (κ3) is 3.24. The van der Waals surface area contributed by atoms with Crippen LogP contribution in [0.1, 0.15) is 35.7 Å². The van der Waals surface area contributed by atoms with Crippen LogP contribution in [-0.2, 0) is 12.0 Å². The van der Waals surface area contributed by atoms with E-state index < -0.39 is 5.60 Å². The number of aliphatic hydroxyl groups is 1. The normalized spacial score (nSPS) is 14.1. The molecule has 1 amide bonds. The van der Waals surface area contributed by atoms with E-state index in [9.17, 15) is 9.90 Å². The number of aryl methyl sites for hydroxylation is 1. The van der Waals surface area contributed by atoms with Crippen molar-refractivity contribution in [2.24, 2.45) is 0 Å². The summed E-state index contributed by atoms with van der Waals surface area (Å²) in [5.41, 5.74) is -0.276. The smallest absolute Gasteiger partial charge is 0.287 e. The number of thiophene rings is 1. The number of rotatable bonds is 5. The quantitative estimate of drug-likeness (QED) is 0.884. The minimum atomic E-state index is -1.07. The molecule has 102 valence electrons. The Bertz CT molecular complexity index is 543. The molecule has 2 heterocycles. The Hall–Kier alpha value is -1.59. The number of carbonyl (C=O) groups is 1. The first-order valence-corrected chi connectivity index (χ1v) is 7.09. The molecule has 0 aromatic carbocycles. The Labute approximate surface area is 116 Å². The first-order chi connectivity index (χ1) is 9.03. The predicted octanol–water partition coefficient (Wildman–Crippen LogP) is 2.54. The van der Waals surface area contributed by atoms with Gasteiger partial charge < -0.3 is 14.8 Å². The van der Waals surface area contributed by atoms with Crippen molar-refractivity contribution in [2.75, 3.05) is 6.54 Å². The highest BCUT2D eigenvalue weighted by Crippen LogP contribution is 2.22. The summed E-state index contributed by atoms with van der Waals surface area (Å²) < 4.78 is 5.36. The van der Waals surface area contributed by atoms with Gasteiger partial charge in [0.05, 0.1) is 6.54 Å². The molecule has 0 saturated carbocycles. The van der Waals surface area contributed by atoms with Crippen LogP contribution in [0.3, 0.4) is 0 Å². The average Bonchev–Trinajstić information content (AvgIpc) is 3.06. The summed E-state index contributed by atoms with van der Waals surface area (Å²) in [4.78, 5) is 11.9. The van der Waals surface area contributed by atoms with Gasteiger partial charge >= 0.3 is 0 Å². The molecule has 1 atom stereocenters. The monoisotopic (exact) mass is 279 g/mol. The lowest BCUT2D eigenvalue weighted by Crippen LogP contribution is -2.38. The molecule has 19 heavy (non-hydrogen) atoms. The second-order valence-corrected chi connectivity index (χ2v) is 5.37. The van der Waals surface area contributed by atoms with Gasteiger partial charge in [0, 0.05) is 6.42 Å². The molecule has 2 rings (SSSR count). The zero-order chi connectivity index (χ0) is 13.9. The Kier molecular flexibility index (Phi) is 4.07.